The number of nitrogens with zero attached hydrogens (tertiary/aromatic N) is 6. The Morgan fingerprint density at radius 2 is 1.84 bits per heavy atom. The van der Waals surface area contributed by atoms with E-state index in [9.17, 15) is 18.4 Å². The zero-order valence-corrected chi connectivity index (χ0v) is 29.3. The second kappa shape index (κ2) is 14.1. The van der Waals surface area contributed by atoms with Gasteiger partial charge in [-0.3, -0.25) is 14.6 Å². The minimum absolute atomic E-state index is 0.133. The summed E-state index contributed by atoms with van der Waals surface area (Å²) in [5, 5.41) is 4.16. The van der Waals surface area contributed by atoms with Crippen molar-refractivity contribution in [1.29, 1.82) is 0 Å². The molecule has 7 rings (SSSR count). The third kappa shape index (κ3) is 6.35. The van der Waals surface area contributed by atoms with Gasteiger partial charge in [0.05, 0.1) is 29.8 Å². The van der Waals surface area contributed by atoms with Crippen LogP contribution in [0.1, 0.15) is 86.9 Å². The molecule has 1 unspecified atom stereocenters. The number of piperidine rings is 1. The van der Waals surface area contributed by atoms with Crippen LogP contribution in [-0.2, 0) is 11.2 Å². The van der Waals surface area contributed by atoms with E-state index in [1.165, 1.54) is 19.3 Å². The van der Waals surface area contributed by atoms with Gasteiger partial charge in [-0.2, -0.15) is 0 Å². The lowest BCUT2D eigenvalue weighted by Gasteiger charge is -2.49. The molecule has 1 aliphatic carbocycles. The first-order valence-corrected chi connectivity index (χ1v) is 18.0. The Kier molecular flexibility index (Phi) is 9.58. The van der Waals surface area contributed by atoms with Crippen molar-refractivity contribution in [2.24, 2.45) is 0 Å². The molecule has 50 heavy (non-hydrogen) atoms. The van der Waals surface area contributed by atoms with E-state index in [2.05, 4.69) is 45.7 Å². The molecule has 0 radical (unpaired) electrons. The molecule has 2 aromatic heterocycles. The normalized spacial score (nSPS) is 20.6. The fourth-order valence-corrected chi connectivity index (χ4v) is 7.71. The predicted octanol–water partition coefficient (Wildman–Crippen LogP) is 6.90. The SMILES string of the molecule is CCC(=O)N(c1cc(-c2cc3ncn4c3c(n2)N(c2ccc(C)c(C(=O)NCC(F)F)c2)NC4C)ccc1CC)[C@H]1C[C@@H](N2CCCCC2)C1. The van der Waals surface area contributed by atoms with Crippen LogP contribution in [0.15, 0.2) is 48.8 Å². The summed E-state index contributed by atoms with van der Waals surface area (Å²) in [6.45, 7) is 9.43. The number of hydrogen-bond acceptors (Lipinski definition) is 7. The van der Waals surface area contributed by atoms with Crippen molar-refractivity contribution in [1.82, 2.24) is 30.2 Å². The Morgan fingerprint density at radius 1 is 1.06 bits per heavy atom. The first kappa shape index (κ1) is 34.0. The van der Waals surface area contributed by atoms with E-state index < -0.39 is 18.9 Å². The minimum atomic E-state index is -2.64. The Labute approximate surface area is 291 Å². The maximum Gasteiger partial charge on any atom is 0.255 e. The molecule has 12 heteroatoms. The zero-order chi connectivity index (χ0) is 35.1. The molecule has 2 fully saturated rings. The van der Waals surface area contributed by atoms with Crippen LogP contribution in [0.3, 0.4) is 0 Å². The van der Waals surface area contributed by atoms with Crippen molar-refractivity contribution in [3.05, 3.63) is 65.5 Å². The number of hydrazine groups is 1. The number of amides is 2. The van der Waals surface area contributed by atoms with Gasteiger partial charge in [-0.05, 0) is 94.4 Å². The van der Waals surface area contributed by atoms with Gasteiger partial charge in [0.1, 0.15) is 11.7 Å². The quantitative estimate of drug-likeness (QED) is 0.188. The first-order chi connectivity index (χ1) is 24.2. The number of carbonyl (C=O) groups excluding carboxylic acids is 2. The van der Waals surface area contributed by atoms with E-state index in [1.54, 1.807) is 25.4 Å². The molecule has 3 aliphatic rings. The van der Waals surface area contributed by atoms with E-state index in [1.807, 2.05) is 35.6 Å². The first-order valence-electron chi connectivity index (χ1n) is 18.0. The van der Waals surface area contributed by atoms with Gasteiger partial charge in [0.2, 0.25) is 5.91 Å². The number of anilines is 3. The van der Waals surface area contributed by atoms with Gasteiger partial charge in [0, 0.05) is 35.3 Å². The lowest BCUT2D eigenvalue weighted by atomic mass is 9.82. The molecule has 2 amide bonds. The molecule has 264 valence electrons. The maximum absolute atomic E-state index is 13.6. The number of hydrogen-bond donors (Lipinski definition) is 2. The molecule has 0 bridgehead atoms. The fourth-order valence-electron chi connectivity index (χ4n) is 7.71. The predicted molar refractivity (Wildman–Crippen MR) is 192 cm³/mol. The summed E-state index contributed by atoms with van der Waals surface area (Å²) in [5.74, 6) is 0.172. The number of nitrogens with one attached hydrogen (secondary N) is 2. The number of halogens is 2. The molecule has 2 aliphatic heterocycles. The van der Waals surface area contributed by atoms with Crippen LogP contribution >= 0.6 is 0 Å². The van der Waals surface area contributed by atoms with Crippen molar-refractivity contribution in [3.8, 4) is 11.3 Å². The van der Waals surface area contributed by atoms with E-state index in [0.717, 1.165) is 60.2 Å². The second-order valence-corrected chi connectivity index (χ2v) is 13.8. The number of rotatable bonds is 10. The van der Waals surface area contributed by atoms with Crippen LogP contribution in [0.25, 0.3) is 22.3 Å². The highest BCUT2D eigenvalue weighted by atomic mass is 19.3. The Morgan fingerprint density at radius 3 is 2.56 bits per heavy atom. The van der Waals surface area contributed by atoms with Gasteiger partial charge < -0.3 is 19.7 Å². The summed E-state index contributed by atoms with van der Waals surface area (Å²) < 4.78 is 27.8. The summed E-state index contributed by atoms with van der Waals surface area (Å²) in [7, 11) is 0. The summed E-state index contributed by atoms with van der Waals surface area (Å²) in [6, 6.07) is 14.3. The molecule has 4 heterocycles. The molecule has 2 N–H and O–H groups in total. The lowest BCUT2D eigenvalue weighted by molar-refractivity contribution is -0.119. The zero-order valence-electron chi connectivity index (χ0n) is 29.3. The molecule has 10 nitrogen and oxygen atoms in total. The number of carbonyl (C=O) groups is 2. The smallest absolute Gasteiger partial charge is 0.255 e. The topological polar surface area (TPSA) is 98.6 Å². The molecule has 0 spiro atoms. The number of likely N-dealkylation sites (tertiary alicyclic amines) is 1. The summed E-state index contributed by atoms with van der Waals surface area (Å²) in [4.78, 5) is 41.1. The van der Waals surface area contributed by atoms with Gasteiger partial charge in [-0.25, -0.2) is 24.2 Å². The Hall–Kier alpha value is -4.42. The average Bonchev–Trinajstić information content (AvgIpc) is 3.55. The third-order valence-corrected chi connectivity index (χ3v) is 10.6. The van der Waals surface area contributed by atoms with Gasteiger partial charge in [0.15, 0.2) is 5.82 Å². The molecule has 2 aromatic carbocycles. The van der Waals surface area contributed by atoms with E-state index in [0.29, 0.717) is 40.8 Å². The van der Waals surface area contributed by atoms with Gasteiger partial charge >= 0.3 is 0 Å². The monoisotopic (exact) mass is 684 g/mol. The highest BCUT2D eigenvalue weighted by Gasteiger charge is 2.40. The largest absolute Gasteiger partial charge is 0.346 e. The van der Waals surface area contributed by atoms with Crippen LogP contribution in [0.4, 0.5) is 26.0 Å². The maximum atomic E-state index is 13.6. The number of benzene rings is 2. The van der Waals surface area contributed by atoms with E-state index in [4.69, 9.17) is 9.97 Å². The second-order valence-electron chi connectivity index (χ2n) is 13.8. The molecule has 1 saturated heterocycles. The van der Waals surface area contributed by atoms with Gasteiger partial charge in [-0.1, -0.05) is 38.5 Å². The van der Waals surface area contributed by atoms with Crippen molar-refractivity contribution < 1.29 is 18.4 Å². The molecule has 4 aromatic rings. The standard InChI is InChI=1S/C38H46F2N8O2/c1-5-25-11-12-26(16-33(25)47(35(49)6-2)29-17-28(18-29)45-14-8-7-9-15-45)31-20-32-36-37(43-31)48(44-24(4)46(36)22-42-32)27-13-10-23(3)30(19-27)38(50)41-21-34(39)40/h10-13,16,19-20,22,24,28-29,34,44H,5-9,14-15,17-18,21H2,1-4H3,(H,41,50)/t24?,28-,29+. The van der Waals surface area contributed by atoms with Crippen molar-refractivity contribution in [3.63, 3.8) is 0 Å². The number of aryl methyl sites for hydroxylation is 2. The van der Waals surface area contributed by atoms with Gasteiger partial charge in [0.25, 0.3) is 12.3 Å². The number of aromatic nitrogens is 3. The van der Waals surface area contributed by atoms with Crippen LogP contribution in [0.2, 0.25) is 0 Å². The van der Waals surface area contributed by atoms with Crippen LogP contribution in [-0.4, -0.2) is 69.4 Å². The number of pyridine rings is 1. The third-order valence-electron chi connectivity index (χ3n) is 10.6. The average molecular weight is 685 g/mol. The molecular formula is C38H46F2N8O2. The Balaban J connectivity index is 1.26. The summed E-state index contributed by atoms with van der Waals surface area (Å²) in [5.41, 5.74) is 10.3. The van der Waals surface area contributed by atoms with Gasteiger partial charge in [-0.15, -0.1) is 0 Å². The minimum Gasteiger partial charge on any atom is -0.346 e. The highest BCUT2D eigenvalue weighted by Crippen LogP contribution is 2.41. The van der Waals surface area contributed by atoms with Crippen LogP contribution in [0, 0.1) is 6.92 Å². The van der Waals surface area contributed by atoms with Crippen LogP contribution < -0.4 is 20.7 Å². The number of imidazole rings is 1. The van der Waals surface area contributed by atoms with Crippen molar-refractivity contribution in [2.75, 3.05) is 29.5 Å². The fraction of sp³-hybridized carbons (Fsp3) is 0.474. The lowest BCUT2D eigenvalue weighted by Crippen LogP contribution is -2.56. The Bertz CT molecular complexity index is 1900. The number of alkyl halides is 2. The van der Waals surface area contributed by atoms with E-state index in [-0.39, 0.29) is 18.1 Å². The van der Waals surface area contributed by atoms with Crippen LogP contribution in [0.5, 0.6) is 0 Å². The highest BCUT2D eigenvalue weighted by molar-refractivity contribution is 5.98. The molecule has 1 atom stereocenters. The van der Waals surface area contributed by atoms with E-state index >= 15 is 0 Å². The summed E-state index contributed by atoms with van der Waals surface area (Å²) >= 11 is 0. The molecule has 1 saturated carbocycles. The molecular weight excluding hydrogens is 638 g/mol. The van der Waals surface area contributed by atoms with Crippen molar-refractivity contribution in [2.45, 2.75) is 97.3 Å². The van der Waals surface area contributed by atoms with Crippen molar-refractivity contribution >= 4 is 40.0 Å². The summed E-state index contributed by atoms with van der Waals surface area (Å²) in [6.07, 6.45) is 5.99.